The fraction of sp³-hybridized carbons (Fsp3) is 0.706. The van der Waals surface area contributed by atoms with Crippen LogP contribution in [0, 0.1) is 48.4 Å². The van der Waals surface area contributed by atoms with Crippen LogP contribution in [0.4, 0.5) is 5.69 Å². The number of anilines is 1. The van der Waals surface area contributed by atoms with Crippen molar-refractivity contribution in [1.29, 1.82) is 0 Å². The van der Waals surface area contributed by atoms with Crippen molar-refractivity contribution in [3.8, 4) is 12.8 Å². The molecule has 0 aliphatic heterocycles. The molecule has 0 saturated carbocycles. The number of para-hydroxylation sites is 1. The standard InChI is InChI=1S/C32H55NO4.C2H2/c1-22(2)26(9)20-29(24(5)6)36-31(34)16-18-33(28-14-12-11-13-15-28)19-17-32(35)37-30(25(7)8)21-27(10)23(3)4;1-2/h11-15,22-27,29-30H,16-21H2,1-10H3;1-2H. The van der Waals surface area contributed by atoms with Crippen LogP contribution < -0.4 is 4.90 Å². The Morgan fingerprint density at radius 3 is 1.31 bits per heavy atom. The van der Waals surface area contributed by atoms with Gasteiger partial charge in [0.1, 0.15) is 12.2 Å². The Hall–Kier alpha value is -2.48. The second-order valence-corrected chi connectivity index (χ2v) is 12.3. The van der Waals surface area contributed by atoms with Crippen molar-refractivity contribution in [1.82, 2.24) is 0 Å². The van der Waals surface area contributed by atoms with E-state index in [0.717, 1.165) is 18.5 Å². The first-order chi connectivity index (χ1) is 18.3. The van der Waals surface area contributed by atoms with Crippen molar-refractivity contribution < 1.29 is 19.1 Å². The van der Waals surface area contributed by atoms with Crippen LogP contribution in [0.2, 0.25) is 0 Å². The number of hydrogen-bond donors (Lipinski definition) is 0. The molecule has 1 aromatic carbocycles. The summed E-state index contributed by atoms with van der Waals surface area (Å²) in [6.07, 6.45) is 10.2. The zero-order valence-corrected chi connectivity index (χ0v) is 26.5. The molecule has 4 atom stereocenters. The molecule has 39 heavy (non-hydrogen) atoms. The molecule has 0 radical (unpaired) electrons. The van der Waals surface area contributed by atoms with Gasteiger partial charge in [0.25, 0.3) is 0 Å². The van der Waals surface area contributed by atoms with E-state index in [1.165, 1.54) is 0 Å². The smallest absolute Gasteiger partial charge is 0.307 e. The van der Waals surface area contributed by atoms with E-state index >= 15 is 0 Å². The molecule has 1 aromatic rings. The molecular formula is C34H57NO4. The predicted octanol–water partition coefficient (Wildman–Crippen LogP) is 8.02. The van der Waals surface area contributed by atoms with Gasteiger partial charge in [-0.15, -0.1) is 12.8 Å². The Kier molecular flexibility index (Phi) is 18.3. The van der Waals surface area contributed by atoms with Crippen LogP contribution in [0.5, 0.6) is 0 Å². The van der Waals surface area contributed by atoms with Gasteiger partial charge in [-0.1, -0.05) is 87.4 Å². The summed E-state index contributed by atoms with van der Waals surface area (Å²) in [6.45, 7) is 22.7. The highest BCUT2D eigenvalue weighted by Crippen LogP contribution is 2.24. The first kappa shape index (κ1) is 36.5. The van der Waals surface area contributed by atoms with Crippen LogP contribution in [-0.2, 0) is 19.1 Å². The number of ether oxygens (including phenoxy) is 2. The van der Waals surface area contributed by atoms with Gasteiger partial charge < -0.3 is 14.4 Å². The molecule has 0 bridgehead atoms. The Bertz CT molecular complexity index is 769. The van der Waals surface area contributed by atoms with Gasteiger partial charge in [-0.05, 0) is 60.5 Å². The average Bonchev–Trinajstić information content (AvgIpc) is 2.89. The number of rotatable bonds is 17. The molecule has 0 fully saturated rings. The van der Waals surface area contributed by atoms with Gasteiger partial charge in [0.15, 0.2) is 0 Å². The maximum atomic E-state index is 12.8. The number of carbonyl (C=O) groups is 2. The number of hydrogen-bond acceptors (Lipinski definition) is 5. The molecule has 222 valence electrons. The zero-order valence-electron chi connectivity index (χ0n) is 26.5. The molecule has 0 heterocycles. The summed E-state index contributed by atoms with van der Waals surface area (Å²) in [4.78, 5) is 27.7. The second kappa shape index (κ2) is 19.6. The van der Waals surface area contributed by atoms with Crippen molar-refractivity contribution in [3.63, 3.8) is 0 Å². The molecule has 0 aromatic heterocycles. The Labute approximate surface area is 240 Å². The first-order valence-electron chi connectivity index (χ1n) is 14.8. The van der Waals surface area contributed by atoms with Gasteiger partial charge in [0.2, 0.25) is 0 Å². The van der Waals surface area contributed by atoms with Gasteiger partial charge in [-0.25, -0.2) is 0 Å². The van der Waals surface area contributed by atoms with Gasteiger partial charge >= 0.3 is 11.9 Å². The molecule has 0 saturated heterocycles. The van der Waals surface area contributed by atoms with Gasteiger partial charge in [0, 0.05) is 18.8 Å². The fourth-order valence-electron chi connectivity index (χ4n) is 4.11. The third-order valence-corrected chi connectivity index (χ3v) is 7.83. The molecule has 0 N–H and O–H groups in total. The monoisotopic (exact) mass is 543 g/mol. The maximum Gasteiger partial charge on any atom is 0.307 e. The molecule has 5 nitrogen and oxygen atoms in total. The largest absolute Gasteiger partial charge is 0.462 e. The van der Waals surface area contributed by atoms with Crippen LogP contribution in [-0.4, -0.2) is 37.2 Å². The summed E-state index contributed by atoms with van der Waals surface area (Å²) >= 11 is 0. The van der Waals surface area contributed by atoms with Crippen molar-refractivity contribution in [2.24, 2.45) is 35.5 Å². The molecule has 1 rings (SSSR count). The summed E-state index contributed by atoms with van der Waals surface area (Å²) in [5.74, 6) is 2.28. The van der Waals surface area contributed by atoms with Crippen molar-refractivity contribution in [2.45, 2.75) is 107 Å². The van der Waals surface area contributed by atoms with E-state index in [1.807, 2.05) is 30.3 Å². The van der Waals surface area contributed by atoms with Crippen LogP contribution in [0.25, 0.3) is 0 Å². The molecule has 0 aliphatic rings. The normalized spacial score (nSPS) is 14.4. The third-order valence-electron chi connectivity index (χ3n) is 7.83. The zero-order chi connectivity index (χ0) is 30.1. The van der Waals surface area contributed by atoms with Crippen LogP contribution in [0.3, 0.4) is 0 Å². The van der Waals surface area contributed by atoms with Crippen LogP contribution in [0.15, 0.2) is 30.3 Å². The van der Waals surface area contributed by atoms with Gasteiger partial charge in [-0.2, -0.15) is 0 Å². The van der Waals surface area contributed by atoms with E-state index in [4.69, 9.17) is 9.47 Å². The van der Waals surface area contributed by atoms with Crippen molar-refractivity contribution in [3.05, 3.63) is 30.3 Å². The molecule has 0 spiro atoms. The number of carbonyl (C=O) groups excluding carboxylic acids is 2. The van der Waals surface area contributed by atoms with E-state index in [-0.39, 0.29) is 48.8 Å². The maximum absolute atomic E-state index is 12.8. The van der Waals surface area contributed by atoms with E-state index in [1.54, 1.807) is 0 Å². The lowest BCUT2D eigenvalue weighted by molar-refractivity contribution is -0.152. The van der Waals surface area contributed by atoms with E-state index in [2.05, 4.69) is 87.0 Å². The van der Waals surface area contributed by atoms with Crippen molar-refractivity contribution in [2.75, 3.05) is 18.0 Å². The quantitative estimate of drug-likeness (QED) is 0.147. The molecule has 0 aliphatic carbocycles. The fourth-order valence-corrected chi connectivity index (χ4v) is 4.11. The number of nitrogens with zero attached hydrogens (tertiary/aromatic N) is 1. The average molecular weight is 544 g/mol. The summed E-state index contributed by atoms with van der Waals surface area (Å²) in [5, 5.41) is 0. The van der Waals surface area contributed by atoms with E-state index in [0.29, 0.717) is 36.8 Å². The Morgan fingerprint density at radius 1 is 0.641 bits per heavy atom. The van der Waals surface area contributed by atoms with Crippen LogP contribution >= 0.6 is 0 Å². The first-order valence-corrected chi connectivity index (χ1v) is 14.8. The Balaban J connectivity index is 0.00000704. The summed E-state index contributed by atoms with van der Waals surface area (Å²) in [7, 11) is 0. The molecule has 4 unspecified atom stereocenters. The highest BCUT2D eigenvalue weighted by Gasteiger charge is 2.25. The SMILES string of the molecule is C#C.CC(C)C(C)CC(OC(=O)CCN(CCC(=O)OC(CC(C)C(C)C)C(C)C)c1ccccc1)C(C)C. The lowest BCUT2D eigenvalue weighted by atomic mass is 9.88. The van der Waals surface area contributed by atoms with Gasteiger partial charge in [-0.3, -0.25) is 9.59 Å². The minimum Gasteiger partial charge on any atom is -0.462 e. The third kappa shape index (κ3) is 15.0. The number of terminal acetylenes is 1. The second-order valence-electron chi connectivity index (χ2n) is 12.3. The van der Waals surface area contributed by atoms with E-state index < -0.39 is 0 Å². The topological polar surface area (TPSA) is 55.8 Å². The summed E-state index contributed by atoms with van der Waals surface area (Å²) < 4.78 is 11.8. The minimum absolute atomic E-state index is 0.0775. The summed E-state index contributed by atoms with van der Waals surface area (Å²) in [6, 6.07) is 9.95. The Morgan fingerprint density at radius 2 is 1.00 bits per heavy atom. The highest BCUT2D eigenvalue weighted by molar-refractivity contribution is 5.72. The van der Waals surface area contributed by atoms with Gasteiger partial charge in [0.05, 0.1) is 12.8 Å². The number of benzene rings is 1. The predicted molar refractivity (Wildman–Crippen MR) is 164 cm³/mol. The number of esters is 2. The molecule has 5 heteroatoms. The molecule has 0 amide bonds. The summed E-state index contributed by atoms with van der Waals surface area (Å²) in [5.41, 5.74) is 0.991. The van der Waals surface area contributed by atoms with Crippen molar-refractivity contribution >= 4 is 17.6 Å². The van der Waals surface area contributed by atoms with E-state index in [9.17, 15) is 9.59 Å². The lowest BCUT2D eigenvalue weighted by Gasteiger charge is -2.28. The minimum atomic E-state index is -0.180. The highest BCUT2D eigenvalue weighted by atomic mass is 16.5. The van der Waals surface area contributed by atoms with Crippen LogP contribution in [0.1, 0.15) is 94.9 Å². The lowest BCUT2D eigenvalue weighted by Crippen LogP contribution is -2.33. The molecular weight excluding hydrogens is 486 g/mol.